The van der Waals surface area contributed by atoms with Gasteiger partial charge in [-0.25, -0.2) is 0 Å². The molecule has 0 radical (unpaired) electrons. The molecule has 1 saturated carbocycles. The van der Waals surface area contributed by atoms with E-state index in [1.807, 2.05) is 11.3 Å². The van der Waals surface area contributed by atoms with Crippen LogP contribution in [-0.4, -0.2) is 4.57 Å². The molecule has 2 heterocycles. The molecule has 1 nitrogen and oxygen atoms in total. The first-order chi connectivity index (χ1) is 39.4. The number of thiophene rings is 1. The van der Waals surface area contributed by atoms with Crippen molar-refractivity contribution in [3.05, 3.63) is 286 Å². The van der Waals surface area contributed by atoms with E-state index < -0.39 is 5.41 Å². The van der Waals surface area contributed by atoms with Crippen LogP contribution in [0.1, 0.15) is 113 Å². The van der Waals surface area contributed by atoms with E-state index in [1.54, 1.807) is 0 Å². The maximum atomic E-state index is 2.67. The minimum atomic E-state index is -0.590. The van der Waals surface area contributed by atoms with Crippen molar-refractivity contribution in [2.45, 2.75) is 89.5 Å². The third kappa shape index (κ3) is 8.01. The summed E-state index contributed by atoms with van der Waals surface area (Å²) in [6.45, 7) is 7.65. The molecule has 0 amide bonds. The van der Waals surface area contributed by atoms with Gasteiger partial charge < -0.3 is 4.57 Å². The maximum absolute atomic E-state index is 2.67. The Morgan fingerprint density at radius 2 is 1.09 bits per heavy atom. The molecule has 1 fully saturated rings. The Morgan fingerprint density at radius 3 is 1.84 bits per heavy atom. The molecule has 2 aliphatic rings. The zero-order valence-corrected chi connectivity index (χ0v) is 46.9. The molecule has 0 N–H and O–H groups in total. The Labute approximate surface area is 474 Å². The lowest BCUT2D eigenvalue weighted by Gasteiger charge is -2.35. The van der Waals surface area contributed by atoms with Gasteiger partial charge in [-0.05, 0) is 183 Å². The molecule has 2 aromatic heterocycles. The standard InChI is InChI=1S/C78H65NS/c1-4-79-73-25-15-13-22-65(73)66-40-33-57(49-74(66)79)63(55-34-42-76-70(46-55)67-23-14-16-26-75(67)80-76)39-32-56-48-72-77(68-24-12-11-21-64(56)68)69-41-31-54(47-71(69)78(72,61-35-27-50(2)28-36-61)62-37-29-51(3)30-38-62)60-44-58(52-17-7-5-8-18-52)43-59(45-60)53-19-9-6-10-20-53/h5,7-8,11-18,21-31,33-38,40-49,53,63H,4,6,9-10,19-20,32,39H2,1-3H3. The van der Waals surface area contributed by atoms with Gasteiger partial charge in [0.15, 0.2) is 0 Å². The van der Waals surface area contributed by atoms with Gasteiger partial charge in [-0.1, -0.05) is 218 Å². The fraction of sp³-hybridized carbons (Fsp3) is 0.179. The highest BCUT2D eigenvalue weighted by Gasteiger charge is 2.47. The summed E-state index contributed by atoms with van der Waals surface area (Å²) in [5.41, 5.74) is 23.4. The summed E-state index contributed by atoms with van der Waals surface area (Å²) in [7, 11) is 0. The molecule has 0 bridgehead atoms. The van der Waals surface area contributed by atoms with Gasteiger partial charge in [0.2, 0.25) is 0 Å². The minimum absolute atomic E-state index is 0.154. The van der Waals surface area contributed by atoms with Crippen LogP contribution in [0.4, 0.5) is 0 Å². The van der Waals surface area contributed by atoms with E-state index in [0.29, 0.717) is 5.92 Å². The van der Waals surface area contributed by atoms with Gasteiger partial charge in [-0.15, -0.1) is 11.3 Å². The fourth-order valence-electron chi connectivity index (χ4n) is 14.7. The molecule has 2 aliphatic carbocycles. The molecular weight excluding hydrogens is 983 g/mol. The molecule has 80 heavy (non-hydrogen) atoms. The van der Waals surface area contributed by atoms with E-state index in [0.717, 1.165) is 19.4 Å². The molecule has 0 saturated heterocycles. The predicted octanol–water partition coefficient (Wildman–Crippen LogP) is 21.5. The Bertz CT molecular complexity index is 4460. The summed E-state index contributed by atoms with van der Waals surface area (Å²) >= 11 is 1.90. The first kappa shape index (κ1) is 48.8. The molecule has 388 valence electrons. The van der Waals surface area contributed by atoms with Gasteiger partial charge >= 0.3 is 0 Å². The Kier molecular flexibility index (Phi) is 12.1. The van der Waals surface area contributed by atoms with Crippen LogP contribution in [0.5, 0.6) is 0 Å². The van der Waals surface area contributed by atoms with E-state index in [4.69, 9.17) is 0 Å². The van der Waals surface area contributed by atoms with Crippen molar-refractivity contribution in [2.24, 2.45) is 0 Å². The number of aryl methyl sites for hydroxylation is 4. The molecule has 13 aromatic rings. The van der Waals surface area contributed by atoms with Crippen molar-refractivity contribution < 1.29 is 0 Å². The van der Waals surface area contributed by atoms with Crippen LogP contribution in [0, 0.1) is 13.8 Å². The number of nitrogens with zero attached hydrogens (tertiary/aromatic N) is 1. The molecule has 2 heteroatoms. The quantitative estimate of drug-likeness (QED) is 0.122. The predicted molar refractivity (Wildman–Crippen MR) is 342 cm³/mol. The number of hydrogen-bond donors (Lipinski definition) is 0. The van der Waals surface area contributed by atoms with Gasteiger partial charge in [0.25, 0.3) is 0 Å². The third-order valence-electron chi connectivity index (χ3n) is 18.7. The van der Waals surface area contributed by atoms with E-state index in [2.05, 4.69) is 256 Å². The van der Waals surface area contributed by atoms with Crippen LogP contribution in [0.15, 0.2) is 231 Å². The normalized spacial score (nSPS) is 14.6. The number of benzene rings is 11. The molecule has 15 rings (SSSR count). The molecule has 0 spiro atoms. The van der Waals surface area contributed by atoms with Crippen molar-refractivity contribution in [2.75, 3.05) is 0 Å². The van der Waals surface area contributed by atoms with Crippen LogP contribution in [0.25, 0.3) is 86.1 Å². The van der Waals surface area contributed by atoms with Crippen LogP contribution in [-0.2, 0) is 18.4 Å². The Balaban J connectivity index is 0.934. The third-order valence-corrected chi connectivity index (χ3v) is 19.8. The van der Waals surface area contributed by atoms with Crippen molar-refractivity contribution in [3.8, 4) is 33.4 Å². The Hall–Kier alpha value is -8.30. The van der Waals surface area contributed by atoms with Gasteiger partial charge in [-0.2, -0.15) is 0 Å². The van der Waals surface area contributed by atoms with Crippen molar-refractivity contribution in [1.29, 1.82) is 0 Å². The molecule has 0 aliphatic heterocycles. The van der Waals surface area contributed by atoms with E-state index in [1.165, 1.54) is 174 Å². The number of aromatic nitrogens is 1. The molecule has 11 aromatic carbocycles. The highest BCUT2D eigenvalue weighted by Crippen LogP contribution is 2.59. The van der Waals surface area contributed by atoms with Crippen LogP contribution in [0.2, 0.25) is 0 Å². The van der Waals surface area contributed by atoms with E-state index in [9.17, 15) is 0 Å². The van der Waals surface area contributed by atoms with Crippen LogP contribution < -0.4 is 0 Å². The van der Waals surface area contributed by atoms with Gasteiger partial charge in [0.1, 0.15) is 0 Å². The first-order valence-electron chi connectivity index (χ1n) is 29.4. The number of para-hydroxylation sites is 1. The first-order valence-corrected chi connectivity index (χ1v) is 30.2. The fourth-order valence-corrected chi connectivity index (χ4v) is 15.8. The van der Waals surface area contributed by atoms with Gasteiger partial charge in [0.05, 0.1) is 5.41 Å². The number of rotatable bonds is 11. The lowest BCUT2D eigenvalue weighted by Crippen LogP contribution is -2.29. The van der Waals surface area contributed by atoms with Crippen LogP contribution in [0.3, 0.4) is 0 Å². The second-order valence-corrected chi connectivity index (χ2v) is 24.4. The van der Waals surface area contributed by atoms with Crippen molar-refractivity contribution >= 4 is 64.1 Å². The van der Waals surface area contributed by atoms with Crippen molar-refractivity contribution in [3.63, 3.8) is 0 Å². The maximum Gasteiger partial charge on any atom is 0.0714 e. The summed E-state index contributed by atoms with van der Waals surface area (Å²) in [5, 5.41) is 8.03. The zero-order valence-electron chi connectivity index (χ0n) is 46.1. The summed E-state index contributed by atoms with van der Waals surface area (Å²) in [4.78, 5) is 0. The van der Waals surface area contributed by atoms with Crippen molar-refractivity contribution in [1.82, 2.24) is 4.57 Å². The summed E-state index contributed by atoms with van der Waals surface area (Å²) in [6.07, 6.45) is 8.34. The summed E-state index contributed by atoms with van der Waals surface area (Å²) < 4.78 is 5.21. The second kappa shape index (κ2) is 19.8. The Morgan fingerprint density at radius 1 is 0.463 bits per heavy atom. The highest BCUT2D eigenvalue weighted by atomic mass is 32.1. The topological polar surface area (TPSA) is 4.93 Å². The van der Waals surface area contributed by atoms with E-state index >= 15 is 0 Å². The largest absolute Gasteiger partial charge is 0.341 e. The SMILES string of the molecule is CCn1c2ccccc2c2ccc(C(CCc3cc4c(c5ccccc35)-c3ccc(-c5cc(-c6ccccc6)cc(C6CCCCC6)c5)cc3C4(c3ccc(C)cc3)c3ccc(C)cc3)c3ccc4sc5ccccc5c4c3)cc21. The molecular formula is C78H65NS. The average molecular weight is 1050 g/mol. The highest BCUT2D eigenvalue weighted by molar-refractivity contribution is 7.25. The average Bonchev–Trinajstić information content (AvgIpc) is 4.35. The van der Waals surface area contributed by atoms with E-state index in [-0.39, 0.29) is 5.92 Å². The lowest BCUT2D eigenvalue weighted by atomic mass is 9.66. The number of fused-ring (bicyclic) bond motifs is 11. The monoisotopic (exact) mass is 1050 g/mol. The summed E-state index contributed by atoms with van der Waals surface area (Å²) in [6, 6.07) is 89.8. The second-order valence-electron chi connectivity index (χ2n) is 23.3. The van der Waals surface area contributed by atoms with Crippen LogP contribution >= 0.6 is 11.3 Å². The number of hydrogen-bond acceptors (Lipinski definition) is 1. The minimum Gasteiger partial charge on any atom is -0.341 e. The van der Waals surface area contributed by atoms with Gasteiger partial charge in [-0.3, -0.25) is 0 Å². The zero-order chi connectivity index (χ0) is 53.5. The smallest absolute Gasteiger partial charge is 0.0714 e. The van der Waals surface area contributed by atoms with Gasteiger partial charge in [0, 0.05) is 54.4 Å². The summed E-state index contributed by atoms with van der Waals surface area (Å²) in [5.74, 6) is 0.736. The molecule has 1 atom stereocenters. The lowest BCUT2D eigenvalue weighted by molar-refractivity contribution is 0.444. The molecule has 1 unspecified atom stereocenters.